The zero-order valence-corrected chi connectivity index (χ0v) is 20.3. The number of guanidine groups is 1. The topological polar surface area (TPSA) is 184 Å². The fourth-order valence-corrected chi connectivity index (χ4v) is 2.97. The normalized spacial score (nSPS) is 14.8. The minimum atomic E-state index is -0.746. The van der Waals surface area contributed by atoms with Crippen LogP contribution in [0, 0.1) is 63.7 Å². The molecule has 8 N–H and O–H groups in total. The number of carbonyl (C=O) groups excluding carboxylic acids is 2. The first-order valence-electron chi connectivity index (χ1n) is 10.7. The van der Waals surface area contributed by atoms with Crippen molar-refractivity contribution in [2.24, 2.45) is 16.6 Å². The summed E-state index contributed by atoms with van der Waals surface area (Å²) in [5, 5.41) is 9.69. The van der Waals surface area contributed by atoms with Gasteiger partial charge in [-0.15, -0.1) is 0 Å². The summed E-state index contributed by atoms with van der Waals surface area (Å²) in [6, 6.07) is 5.46. The van der Waals surface area contributed by atoms with Crippen LogP contribution in [0.3, 0.4) is 0 Å². The van der Waals surface area contributed by atoms with Gasteiger partial charge in [0.05, 0.1) is 11.9 Å². The molecule has 0 bridgehead atoms. The molecule has 11 nitrogen and oxygen atoms in total. The monoisotopic (exact) mass is 530 g/mol. The van der Waals surface area contributed by atoms with E-state index >= 15 is 0 Å². The number of anilines is 3. The van der Waals surface area contributed by atoms with Crippen molar-refractivity contribution < 1.29 is 31.5 Å². The fraction of sp³-hybridized carbons (Fsp3) is 0.125. The van der Waals surface area contributed by atoms with E-state index in [4.69, 9.17) is 17.2 Å². The number of nitrogens with two attached hydrogens (primary N) is 3. The summed E-state index contributed by atoms with van der Waals surface area (Å²) in [4.78, 5) is 36.5. The van der Waals surface area contributed by atoms with Crippen LogP contribution in [0.25, 0.3) is 10.9 Å². The van der Waals surface area contributed by atoms with Gasteiger partial charge in [-0.05, 0) is 81.1 Å². The Kier molecular flexibility index (Phi) is 12.2. The molecule has 4 rings (SSSR count). The van der Waals surface area contributed by atoms with E-state index in [1.54, 1.807) is 6.07 Å². The molecular weight excluding hydrogens is 504 g/mol. The van der Waals surface area contributed by atoms with Gasteiger partial charge >= 0.3 is 23.0 Å². The van der Waals surface area contributed by atoms with Crippen molar-refractivity contribution >= 4 is 46.2 Å². The fourth-order valence-electron chi connectivity index (χ4n) is 2.97. The summed E-state index contributed by atoms with van der Waals surface area (Å²) in [6.45, 7) is 0.647. The average molecular weight is 530 g/mol. The Morgan fingerprint density at radius 3 is 2.25 bits per heavy atom. The molecule has 10 radical (unpaired) electrons. The Labute approximate surface area is 221 Å². The van der Waals surface area contributed by atoms with E-state index in [0.29, 0.717) is 17.4 Å². The molecule has 2 aliphatic carbocycles. The minimum absolute atomic E-state index is 0. The Morgan fingerprint density at radius 1 is 0.944 bits per heavy atom. The van der Waals surface area contributed by atoms with Crippen LogP contribution in [0.5, 0.6) is 0 Å². The molecule has 1 aromatic heterocycles. The van der Waals surface area contributed by atoms with Crippen molar-refractivity contribution in [1.82, 2.24) is 9.97 Å². The third kappa shape index (κ3) is 9.87. The first kappa shape index (κ1) is 29.1. The number of hydrogen-bond acceptors (Lipinski definition) is 8. The quantitative estimate of drug-likeness (QED) is 0.111. The van der Waals surface area contributed by atoms with E-state index in [9.17, 15) is 9.59 Å². The molecule has 36 heavy (non-hydrogen) atoms. The molecule has 12 heteroatoms. The van der Waals surface area contributed by atoms with Crippen LogP contribution in [0.15, 0.2) is 23.4 Å². The number of aromatic nitrogens is 2. The maximum absolute atomic E-state index is 12.3. The number of carbonyl (C=O) groups is 2. The van der Waals surface area contributed by atoms with Crippen molar-refractivity contribution in [2.45, 2.75) is 12.8 Å². The number of nitrogens with one attached hydrogen (secondary N) is 2. The second kappa shape index (κ2) is 15.1. The van der Waals surface area contributed by atoms with Crippen LogP contribution in [0.2, 0.25) is 0 Å². The third-order valence-electron chi connectivity index (χ3n) is 4.56. The van der Waals surface area contributed by atoms with E-state index < -0.39 is 17.8 Å². The number of amides is 1. The summed E-state index contributed by atoms with van der Waals surface area (Å²) in [5.74, 6) is -0.182. The number of rotatable bonds is 8. The van der Waals surface area contributed by atoms with Gasteiger partial charge in [0.25, 0.3) is 0 Å². The molecule has 2 saturated carbocycles. The Balaban J connectivity index is 0.000000678. The zero-order chi connectivity index (χ0) is 25.0. The van der Waals surface area contributed by atoms with Crippen molar-refractivity contribution in [2.75, 3.05) is 22.9 Å². The van der Waals surface area contributed by atoms with Gasteiger partial charge in [-0.25, -0.2) is 9.78 Å². The minimum Gasteiger partial charge on any atom is -0.384 e. The predicted molar refractivity (Wildman–Crippen MR) is 134 cm³/mol. The van der Waals surface area contributed by atoms with E-state index in [1.807, 2.05) is 69.9 Å². The summed E-state index contributed by atoms with van der Waals surface area (Å²) >= 11 is 0. The Morgan fingerprint density at radius 2 is 1.61 bits per heavy atom. The largest absolute Gasteiger partial charge is 2.00 e. The van der Waals surface area contributed by atoms with E-state index in [-0.39, 0.29) is 41.7 Å². The number of hydrogen-bond donors (Lipinski definition) is 5. The van der Waals surface area contributed by atoms with Crippen LogP contribution in [-0.4, -0.2) is 34.3 Å². The second-order valence-electron chi connectivity index (χ2n) is 7.30. The molecule has 1 amide bonds. The Hall–Kier alpha value is -3.11. The number of nitrogen functional groups attached to an aromatic ring is 1. The molecule has 0 spiro atoms. The first-order chi connectivity index (χ1) is 16.9. The van der Waals surface area contributed by atoms with Crippen LogP contribution in [0.1, 0.15) is 12.8 Å². The van der Waals surface area contributed by atoms with Crippen LogP contribution in [0.4, 0.5) is 17.5 Å². The van der Waals surface area contributed by atoms with Crippen LogP contribution >= 0.6 is 0 Å². The SMILES string of the molecule is NC(N)=NOC(=O)CCC(=O)Nc1nc(N)nc2ccc(NC[C]3[CH][CH][CH][CH]3)cc12.[CH]1[CH][CH][CH][CH]1.[Fe+2]. The van der Waals surface area contributed by atoms with Crippen molar-refractivity contribution in [3.63, 3.8) is 0 Å². The predicted octanol–water partition coefficient (Wildman–Crippen LogP) is 1.50. The summed E-state index contributed by atoms with van der Waals surface area (Å²) < 4.78 is 0. The van der Waals surface area contributed by atoms with Gasteiger partial charge in [-0.1, -0.05) is 0 Å². The van der Waals surface area contributed by atoms with Gasteiger partial charge in [-0.3, -0.25) is 4.79 Å². The molecule has 0 unspecified atom stereocenters. The standard InChI is InChI=1S/C19H21N8O3.C5H5.Fe/c20-18(21)27-30-16(29)8-7-15(28)25-17-13-9-12(23-10-11-3-1-2-4-11)5-6-14(13)24-19(22)26-17;1-2-4-5-3-1;/h1-6,9,23H,7-8,10H2,(H4,20,21,27)(H3,22,24,25,26,28);1-5H;/q;;+2. The van der Waals surface area contributed by atoms with Crippen LogP contribution < -0.4 is 27.8 Å². The number of nitrogens with zero attached hydrogens (tertiary/aromatic N) is 3. The molecule has 2 aromatic rings. The van der Waals surface area contributed by atoms with Crippen molar-refractivity contribution in [3.8, 4) is 0 Å². The zero-order valence-electron chi connectivity index (χ0n) is 19.2. The molecule has 0 aliphatic heterocycles. The second-order valence-corrected chi connectivity index (χ2v) is 7.30. The summed E-state index contributed by atoms with van der Waals surface area (Å²) in [6.07, 6.45) is 17.6. The molecule has 1 heterocycles. The van der Waals surface area contributed by atoms with Gasteiger partial charge in [0.2, 0.25) is 17.8 Å². The van der Waals surface area contributed by atoms with E-state index in [0.717, 1.165) is 11.6 Å². The molecule has 2 fully saturated rings. The number of fused-ring (bicyclic) bond motifs is 1. The van der Waals surface area contributed by atoms with Crippen molar-refractivity contribution in [3.05, 3.63) is 81.9 Å². The first-order valence-corrected chi connectivity index (χ1v) is 10.7. The molecule has 2 aliphatic rings. The third-order valence-corrected chi connectivity index (χ3v) is 4.56. The summed E-state index contributed by atoms with van der Waals surface area (Å²) in [7, 11) is 0. The molecule has 1 aromatic carbocycles. The van der Waals surface area contributed by atoms with Crippen molar-refractivity contribution in [1.29, 1.82) is 0 Å². The van der Waals surface area contributed by atoms with E-state index in [2.05, 4.69) is 30.6 Å². The van der Waals surface area contributed by atoms with Gasteiger partial charge in [0.1, 0.15) is 5.82 Å². The van der Waals surface area contributed by atoms with Gasteiger partial charge < -0.3 is 32.7 Å². The van der Waals surface area contributed by atoms with Gasteiger partial charge in [0, 0.05) is 30.0 Å². The number of oxime groups is 1. The molecule has 186 valence electrons. The van der Waals surface area contributed by atoms with Gasteiger partial charge in [0.15, 0.2) is 0 Å². The van der Waals surface area contributed by atoms with Gasteiger partial charge in [-0.2, -0.15) is 4.98 Å². The summed E-state index contributed by atoms with van der Waals surface area (Å²) in [5.41, 5.74) is 17.3. The molecule has 0 atom stereocenters. The van der Waals surface area contributed by atoms with Crippen LogP contribution in [-0.2, 0) is 31.5 Å². The van der Waals surface area contributed by atoms with E-state index in [1.165, 1.54) is 0 Å². The molecule has 0 saturated heterocycles. The maximum Gasteiger partial charge on any atom is 2.00 e. The Bertz CT molecular complexity index is 1030. The smallest absolute Gasteiger partial charge is 0.384 e. The average Bonchev–Trinajstić information content (AvgIpc) is 3.57. The number of benzene rings is 1. The maximum atomic E-state index is 12.3. The molecular formula is C24H26FeN8O3+2.